The molecule has 1 fully saturated rings. The lowest BCUT2D eigenvalue weighted by molar-refractivity contribution is -0.124. The van der Waals surface area contributed by atoms with E-state index in [0.29, 0.717) is 0 Å². The quantitative estimate of drug-likeness (QED) is 0.421. The van der Waals surface area contributed by atoms with Crippen LogP contribution in [0.1, 0.15) is 44.6 Å². The van der Waals surface area contributed by atoms with Crippen molar-refractivity contribution in [1.29, 1.82) is 0 Å². The number of carbonyl (C=O) groups is 2. The molecular weight excluding hydrogens is 506 g/mol. The number of methoxy groups -OCH3 is 1. The van der Waals surface area contributed by atoms with Crippen LogP contribution in [-0.2, 0) is 18.8 Å². The maximum Gasteiger partial charge on any atom is 0.481 e. The molecule has 1 unspecified atom stereocenters. The minimum atomic E-state index is -1.03. The van der Waals surface area contributed by atoms with Crippen molar-refractivity contribution in [2.24, 2.45) is 0 Å². The highest BCUT2D eigenvalue weighted by Crippen LogP contribution is 2.38. The Hall–Kier alpha value is -2.80. The third-order valence-electron chi connectivity index (χ3n) is 6.27. The SMILES string of the molecule is COC[C@@H](NC(=O)c1cnccn1)C(=O)NC(CCOc1ccc(Cl)c(F)c1)B1OC(C)(C)C(C)(C)O1. The predicted molar refractivity (Wildman–Crippen MR) is 135 cm³/mol. The topological polar surface area (TPSA) is 121 Å². The van der Waals surface area contributed by atoms with Crippen LogP contribution in [0.3, 0.4) is 0 Å². The van der Waals surface area contributed by atoms with E-state index in [4.69, 9.17) is 30.4 Å². The second-order valence-electron chi connectivity index (χ2n) is 9.52. The number of carbonyl (C=O) groups excluding carboxylic acids is 2. The van der Waals surface area contributed by atoms with E-state index >= 15 is 0 Å². The Labute approximate surface area is 220 Å². The summed E-state index contributed by atoms with van der Waals surface area (Å²) in [6.07, 6.45) is 4.36. The number of hydrogen-bond acceptors (Lipinski definition) is 8. The van der Waals surface area contributed by atoms with Crippen LogP contribution in [0.5, 0.6) is 5.75 Å². The largest absolute Gasteiger partial charge is 0.493 e. The molecule has 37 heavy (non-hydrogen) atoms. The maximum atomic E-state index is 13.8. The van der Waals surface area contributed by atoms with Gasteiger partial charge in [-0.1, -0.05) is 11.6 Å². The number of halogens is 2. The Kier molecular flexibility index (Phi) is 9.46. The number of rotatable bonds is 11. The van der Waals surface area contributed by atoms with Gasteiger partial charge >= 0.3 is 7.12 Å². The first-order valence-corrected chi connectivity index (χ1v) is 12.1. The highest BCUT2D eigenvalue weighted by atomic mass is 35.5. The van der Waals surface area contributed by atoms with Crippen molar-refractivity contribution >= 4 is 30.5 Å². The van der Waals surface area contributed by atoms with E-state index in [1.165, 1.54) is 37.8 Å². The zero-order valence-corrected chi connectivity index (χ0v) is 22.2. The molecule has 0 saturated carbocycles. The van der Waals surface area contributed by atoms with Gasteiger partial charge in [0.25, 0.3) is 5.91 Å². The average Bonchev–Trinajstić information content (AvgIpc) is 3.07. The van der Waals surface area contributed by atoms with Crippen LogP contribution in [0, 0.1) is 5.82 Å². The molecule has 1 aromatic heterocycles. The summed E-state index contributed by atoms with van der Waals surface area (Å²) in [4.78, 5) is 33.6. The Bertz CT molecular complexity index is 1080. The molecule has 200 valence electrons. The highest BCUT2D eigenvalue weighted by Gasteiger charge is 2.54. The van der Waals surface area contributed by atoms with Crippen molar-refractivity contribution in [3.63, 3.8) is 0 Å². The van der Waals surface area contributed by atoms with Crippen LogP contribution >= 0.6 is 11.6 Å². The Morgan fingerprint density at radius 1 is 1.16 bits per heavy atom. The van der Waals surface area contributed by atoms with Crippen molar-refractivity contribution in [2.45, 2.75) is 57.3 Å². The third-order valence-corrected chi connectivity index (χ3v) is 6.57. The number of nitrogens with zero attached hydrogens (tertiary/aromatic N) is 2. The molecule has 1 aliphatic heterocycles. The van der Waals surface area contributed by atoms with Gasteiger partial charge in [0.05, 0.1) is 41.6 Å². The van der Waals surface area contributed by atoms with Gasteiger partial charge in [0.1, 0.15) is 23.3 Å². The van der Waals surface area contributed by atoms with Crippen LogP contribution in [0.2, 0.25) is 5.02 Å². The Balaban J connectivity index is 1.72. The molecule has 0 spiro atoms. The highest BCUT2D eigenvalue weighted by molar-refractivity contribution is 6.48. The van der Waals surface area contributed by atoms with Gasteiger partial charge in [0.2, 0.25) is 5.91 Å². The summed E-state index contributed by atoms with van der Waals surface area (Å²) in [5, 5.41) is 5.49. The van der Waals surface area contributed by atoms with E-state index in [1.807, 2.05) is 27.7 Å². The lowest BCUT2D eigenvalue weighted by Crippen LogP contribution is -2.56. The van der Waals surface area contributed by atoms with Gasteiger partial charge in [-0.05, 0) is 39.8 Å². The second kappa shape index (κ2) is 12.2. The zero-order chi connectivity index (χ0) is 27.2. The van der Waals surface area contributed by atoms with Crippen molar-refractivity contribution in [1.82, 2.24) is 20.6 Å². The summed E-state index contributed by atoms with van der Waals surface area (Å²) in [5.41, 5.74) is -1.23. The van der Waals surface area contributed by atoms with Crippen molar-refractivity contribution in [3.8, 4) is 5.75 Å². The van der Waals surface area contributed by atoms with Gasteiger partial charge in [-0.25, -0.2) is 9.37 Å². The van der Waals surface area contributed by atoms with Gasteiger partial charge in [-0.2, -0.15) is 0 Å². The van der Waals surface area contributed by atoms with E-state index in [1.54, 1.807) is 6.07 Å². The summed E-state index contributed by atoms with van der Waals surface area (Å²) in [5.74, 6) is -2.08. The van der Waals surface area contributed by atoms with E-state index < -0.39 is 47.9 Å². The summed E-state index contributed by atoms with van der Waals surface area (Å²) in [6, 6.07) is 3.09. The summed E-state index contributed by atoms with van der Waals surface area (Å²) in [7, 11) is 0.609. The summed E-state index contributed by atoms with van der Waals surface area (Å²) in [6.45, 7) is 7.61. The molecule has 1 aliphatic rings. The van der Waals surface area contributed by atoms with Gasteiger partial charge < -0.3 is 29.4 Å². The second-order valence-corrected chi connectivity index (χ2v) is 9.93. The van der Waals surface area contributed by atoms with Crippen LogP contribution < -0.4 is 15.4 Å². The molecule has 0 radical (unpaired) electrons. The van der Waals surface area contributed by atoms with Crippen molar-refractivity contribution in [3.05, 3.63) is 53.3 Å². The van der Waals surface area contributed by atoms with Crippen molar-refractivity contribution in [2.75, 3.05) is 20.3 Å². The average molecular weight is 537 g/mol. The fourth-order valence-corrected chi connectivity index (χ4v) is 3.60. The van der Waals surface area contributed by atoms with E-state index in [-0.39, 0.29) is 36.1 Å². The molecule has 0 bridgehead atoms. The minimum Gasteiger partial charge on any atom is -0.493 e. The minimum absolute atomic E-state index is 0.0116. The summed E-state index contributed by atoms with van der Waals surface area (Å²) < 4.78 is 36.9. The van der Waals surface area contributed by atoms with E-state index in [9.17, 15) is 14.0 Å². The van der Waals surface area contributed by atoms with Crippen LogP contribution in [0.4, 0.5) is 4.39 Å². The molecule has 13 heteroatoms. The van der Waals surface area contributed by atoms with Crippen LogP contribution in [-0.4, -0.2) is 72.4 Å². The fourth-order valence-electron chi connectivity index (χ4n) is 3.48. The van der Waals surface area contributed by atoms with Gasteiger partial charge in [0.15, 0.2) is 0 Å². The van der Waals surface area contributed by atoms with Crippen LogP contribution in [0.15, 0.2) is 36.8 Å². The molecule has 10 nitrogen and oxygen atoms in total. The third kappa shape index (κ3) is 7.38. The number of ether oxygens (including phenoxy) is 2. The first kappa shape index (κ1) is 28.8. The number of benzene rings is 1. The lowest BCUT2D eigenvalue weighted by atomic mass is 9.76. The molecule has 2 N–H and O–H groups in total. The summed E-state index contributed by atoms with van der Waals surface area (Å²) >= 11 is 5.73. The first-order valence-electron chi connectivity index (χ1n) is 11.7. The van der Waals surface area contributed by atoms with E-state index in [0.717, 1.165) is 0 Å². The molecule has 2 heterocycles. The molecule has 3 rings (SSSR count). The standard InChI is InChI=1S/C24H31BClFN4O6/c1-23(2)24(3,4)37-25(36-23)20(8-11-35-15-6-7-16(26)17(27)12-15)31-22(33)19(14-34-5)30-21(32)18-13-28-9-10-29-18/h6-7,9-10,12-13,19-20H,8,11,14H2,1-5H3,(H,30,32)(H,31,33)/t19-,20?/m1/s1. The van der Waals surface area contributed by atoms with Crippen molar-refractivity contribution < 1.29 is 32.8 Å². The molecule has 1 saturated heterocycles. The van der Waals surface area contributed by atoms with Crippen LogP contribution in [0.25, 0.3) is 0 Å². The number of amides is 2. The number of hydrogen-bond donors (Lipinski definition) is 2. The monoisotopic (exact) mass is 536 g/mol. The maximum absolute atomic E-state index is 13.8. The van der Waals surface area contributed by atoms with Gasteiger partial charge in [0, 0.05) is 32.0 Å². The van der Waals surface area contributed by atoms with Gasteiger partial charge in [-0.15, -0.1) is 0 Å². The molecule has 2 aromatic rings. The molecule has 2 atom stereocenters. The molecular formula is C24H31BClFN4O6. The smallest absolute Gasteiger partial charge is 0.481 e. The predicted octanol–water partition coefficient (Wildman–Crippen LogP) is 2.60. The lowest BCUT2D eigenvalue weighted by Gasteiger charge is -2.32. The normalized spacial score (nSPS) is 17.6. The number of nitrogens with one attached hydrogen (secondary N) is 2. The number of aromatic nitrogens is 2. The van der Waals surface area contributed by atoms with E-state index in [2.05, 4.69) is 20.6 Å². The first-order chi connectivity index (χ1) is 17.4. The Morgan fingerprint density at radius 3 is 2.46 bits per heavy atom. The fraction of sp³-hybridized carbons (Fsp3) is 0.500. The zero-order valence-electron chi connectivity index (χ0n) is 21.4. The Morgan fingerprint density at radius 2 is 1.86 bits per heavy atom. The van der Waals surface area contributed by atoms with Gasteiger partial charge in [-0.3, -0.25) is 14.6 Å². The molecule has 0 aliphatic carbocycles. The molecule has 2 amide bonds. The molecule has 1 aromatic carbocycles.